The molecule has 1 heterocycles. The molecular formula is C12H9FO3. The summed E-state index contributed by atoms with van der Waals surface area (Å²) >= 11 is 0. The molecule has 0 amide bonds. The zero-order valence-electron chi connectivity index (χ0n) is 8.31. The molecule has 82 valence electrons. The van der Waals surface area contributed by atoms with E-state index in [0.29, 0.717) is 11.1 Å². The number of furan rings is 1. The van der Waals surface area contributed by atoms with Gasteiger partial charge in [0.2, 0.25) is 5.76 Å². The standard InChI is InChI=1S/C12H9FO3/c13-6-9-7-16-11(12(14)15)10(9)8-4-2-1-3-5-8/h1-5,7H,6H2,(H,14,15). The summed E-state index contributed by atoms with van der Waals surface area (Å²) in [4.78, 5) is 10.9. The van der Waals surface area contributed by atoms with Crippen LogP contribution in [-0.2, 0) is 6.67 Å². The fourth-order valence-corrected chi connectivity index (χ4v) is 1.57. The van der Waals surface area contributed by atoms with Crippen molar-refractivity contribution in [3.05, 3.63) is 47.9 Å². The van der Waals surface area contributed by atoms with Crippen molar-refractivity contribution in [2.45, 2.75) is 6.67 Å². The molecule has 0 bridgehead atoms. The van der Waals surface area contributed by atoms with E-state index in [0.717, 1.165) is 6.26 Å². The lowest BCUT2D eigenvalue weighted by atomic mass is 10.0. The molecule has 4 heteroatoms. The van der Waals surface area contributed by atoms with Crippen LogP contribution in [0.5, 0.6) is 0 Å². The van der Waals surface area contributed by atoms with Gasteiger partial charge < -0.3 is 9.52 Å². The molecule has 2 aromatic rings. The molecule has 0 fully saturated rings. The van der Waals surface area contributed by atoms with Gasteiger partial charge in [-0.05, 0) is 5.56 Å². The highest BCUT2D eigenvalue weighted by molar-refractivity contribution is 5.94. The van der Waals surface area contributed by atoms with Gasteiger partial charge in [-0.3, -0.25) is 0 Å². The Morgan fingerprint density at radius 2 is 2.00 bits per heavy atom. The Bertz CT molecular complexity index is 502. The lowest BCUT2D eigenvalue weighted by molar-refractivity contribution is 0.0663. The van der Waals surface area contributed by atoms with E-state index in [1.807, 2.05) is 0 Å². The Labute approximate surface area is 91.1 Å². The van der Waals surface area contributed by atoms with Gasteiger partial charge in [-0.25, -0.2) is 9.18 Å². The number of halogens is 1. The number of rotatable bonds is 3. The molecule has 1 aromatic heterocycles. The maximum Gasteiger partial charge on any atom is 0.372 e. The largest absolute Gasteiger partial charge is 0.475 e. The van der Waals surface area contributed by atoms with Gasteiger partial charge in [-0.1, -0.05) is 30.3 Å². The van der Waals surface area contributed by atoms with E-state index in [9.17, 15) is 9.18 Å². The number of carboxylic acids is 1. The fourth-order valence-electron chi connectivity index (χ4n) is 1.57. The number of hydrogen-bond donors (Lipinski definition) is 1. The Hall–Kier alpha value is -2.10. The van der Waals surface area contributed by atoms with Gasteiger partial charge in [-0.15, -0.1) is 0 Å². The molecule has 0 aliphatic carbocycles. The third-order valence-electron chi connectivity index (χ3n) is 2.27. The van der Waals surface area contributed by atoms with E-state index < -0.39 is 12.6 Å². The Morgan fingerprint density at radius 3 is 2.56 bits per heavy atom. The second-order valence-electron chi connectivity index (χ2n) is 3.27. The van der Waals surface area contributed by atoms with Gasteiger partial charge in [0.15, 0.2) is 0 Å². The highest BCUT2D eigenvalue weighted by Crippen LogP contribution is 2.30. The van der Waals surface area contributed by atoms with Gasteiger partial charge in [0.25, 0.3) is 0 Å². The normalized spacial score (nSPS) is 10.3. The van der Waals surface area contributed by atoms with Crippen LogP contribution < -0.4 is 0 Å². The summed E-state index contributed by atoms with van der Waals surface area (Å²) in [5.74, 6) is -1.42. The lowest BCUT2D eigenvalue weighted by Crippen LogP contribution is -1.97. The highest BCUT2D eigenvalue weighted by atomic mass is 19.1. The first-order chi connectivity index (χ1) is 7.74. The topological polar surface area (TPSA) is 50.4 Å². The van der Waals surface area contributed by atoms with Crippen LogP contribution in [0.3, 0.4) is 0 Å². The number of benzene rings is 1. The number of carbonyl (C=O) groups is 1. The second kappa shape index (κ2) is 4.18. The number of hydrogen-bond acceptors (Lipinski definition) is 2. The van der Waals surface area contributed by atoms with Gasteiger partial charge in [0.1, 0.15) is 6.67 Å². The van der Waals surface area contributed by atoms with E-state index in [4.69, 9.17) is 9.52 Å². The maximum atomic E-state index is 12.7. The highest BCUT2D eigenvalue weighted by Gasteiger charge is 2.20. The summed E-state index contributed by atoms with van der Waals surface area (Å²) < 4.78 is 17.6. The van der Waals surface area contributed by atoms with Crippen molar-refractivity contribution in [1.82, 2.24) is 0 Å². The fraction of sp³-hybridized carbons (Fsp3) is 0.0833. The van der Waals surface area contributed by atoms with Crippen LogP contribution in [0.1, 0.15) is 16.1 Å². The Balaban J connectivity index is 2.62. The zero-order valence-corrected chi connectivity index (χ0v) is 8.31. The summed E-state index contributed by atoms with van der Waals surface area (Å²) in [6.45, 7) is -0.749. The predicted molar refractivity (Wildman–Crippen MR) is 55.9 cm³/mol. The van der Waals surface area contributed by atoms with Crippen LogP contribution in [0.15, 0.2) is 41.0 Å². The molecule has 0 saturated heterocycles. The van der Waals surface area contributed by atoms with E-state index in [1.165, 1.54) is 0 Å². The van der Waals surface area contributed by atoms with Crippen molar-refractivity contribution < 1.29 is 18.7 Å². The van der Waals surface area contributed by atoms with E-state index >= 15 is 0 Å². The summed E-state index contributed by atoms with van der Waals surface area (Å²) in [5, 5.41) is 8.92. The van der Waals surface area contributed by atoms with E-state index in [2.05, 4.69) is 0 Å². The van der Waals surface area contributed by atoms with E-state index in [1.54, 1.807) is 30.3 Å². The molecule has 16 heavy (non-hydrogen) atoms. The molecule has 0 spiro atoms. The molecule has 1 N–H and O–H groups in total. The molecule has 0 unspecified atom stereocenters. The average Bonchev–Trinajstić information content (AvgIpc) is 2.73. The van der Waals surface area contributed by atoms with Gasteiger partial charge >= 0.3 is 5.97 Å². The van der Waals surface area contributed by atoms with Crippen molar-refractivity contribution in [2.24, 2.45) is 0 Å². The number of carboxylic acid groups (broad SMARTS) is 1. The van der Waals surface area contributed by atoms with Crippen molar-refractivity contribution in [3.8, 4) is 11.1 Å². The molecule has 2 rings (SSSR count). The monoisotopic (exact) mass is 220 g/mol. The van der Waals surface area contributed by atoms with Gasteiger partial charge in [0.05, 0.1) is 6.26 Å². The van der Waals surface area contributed by atoms with Crippen LogP contribution in [0.2, 0.25) is 0 Å². The molecule has 0 aliphatic rings. The van der Waals surface area contributed by atoms with Crippen LogP contribution in [-0.4, -0.2) is 11.1 Å². The zero-order chi connectivity index (χ0) is 11.5. The third-order valence-corrected chi connectivity index (χ3v) is 2.27. The number of alkyl halides is 1. The van der Waals surface area contributed by atoms with Crippen molar-refractivity contribution in [1.29, 1.82) is 0 Å². The summed E-state index contributed by atoms with van der Waals surface area (Å²) in [5.41, 5.74) is 1.21. The van der Waals surface area contributed by atoms with Crippen molar-refractivity contribution >= 4 is 5.97 Å². The van der Waals surface area contributed by atoms with Gasteiger partial charge in [-0.2, -0.15) is 0 Å². The minimum absolute atomic E-state index is 0.223. The summed E-state index contributed by atoms with van der Waals surface area (Å²) in [6.07, 6.45) is 1.14. The van der Waals surface area contributed by atoms with Crippen molar-refractivity contribution in [3.63, 3.8) is 0 Å². The smallest absolute Gasteiger partial charge is 0.372 e. The maximum absolute atomic E-state index is 12.7. The Morgan fingerprint density at radius 1 is 1.31 bits per heavy atom. The molecule has 0 atom stereocenters. The Kier molecular flexibility index (Phi) is 2.72. The number of aromatic carboxylic acids is 1. The third kappa shape index (κ3) is 1.69. The first-order valence-electron chi connectivity index (χ1n) is 4.69. The minimum atomic E-state index is -1.20. The van der Waals surface area contributed by atoms with E-state index in [-0.39, 0.29) is 11.3 Å². The van der Waals surface area contributed by atoms with Gasteiger partial charge in [0, 0.05) is 11.1 Å². The molecule has 1 aromatic carbocycles. The molecule has 3 nitrogen and oxygen atoms in total. The minimum Gasteiger partial charge on any atom is -0.475 e. The molecule has 0 radical (unpaired) electrons. The molecule has 0 aliphatic heterocycles. The van der Waals surface area contributed by atoms with Crippen LogP contribution in [0.4, 0.5) is 4.39 Å². The van der Waals surface area contributed by atoms with Crippen LogP contribution in [0, 0.1) is 0 Å². The van der Waals surface area contributed by atoms with Crippen LogP contribution in [0.25, 0.3) is 11.1 Å². The first kappa shape index (κ1) is 10.4. The second-order valence-corrected chi connectivity index (χ2v) is 3.27. The van der Waals surface area contributed by atoms with Crippen LogP contribution >= 0.6 is 0 Å². The first-order valence-corrected chi connectivity index (χ1v) is 4.69. The lowest BCUT2D eigenvalue weighted by Gasteiger charge is -2.01. The molecule has 0 saturated carbocycles. The summed E-state index contributed by atoms with van der Waals surface area (Å²) in [6, 6.07) is 8.76. The van der Waals surface area contributed by atoms with Crippen molar-refractivity contribution in [2.75, 3.05) is 0 Å². The predicted octanol–water partition coefficient (Wildman–Crippen LogP) is 3.11. The summed E-state index contributed by atoms with van der Waals surface area (Å²) in [7, 11) is 0. The molecular weight excluding hydrogens is 211 g/mol. The average molecular weight is 220 g/mol. The SMILES string of the molecule is O=C(O)c1occ(CF)c1-c1ccccc1. The quantitative estimate of drug-likeness (QED) is 0.864.